The lowest BCUT2D eigenvalue weighted by Gasteiger charge is -2.15. The molecule has 1 amide bonds. The number of carbonyl (C=O) groups excluding carboxylic acids is 1. The Bertz CT molecular complexity index is 1640. The van der Waals surface area contributed by atoms with E-state index in [1.165, 1.54) is 13.3 Å². The molecule has 40 heavy (non-hydrogen) atoms. The van der Waals surface area contributed by atoms with E-state index in [0.717, 1.165) is 6.26 Å². The molecule has 1 aliphatic heterocycles. The third kappa shape index (κ3) is 5.33. The molecule has 1 aromatic carbocycles. The van der Waals surface area contributed by atoms with Crippen LogP contribution in [0.2, 0.25) is 0 Å². The summed E-state index contributed by atoms with van der Waals surface area (Å²) in [7, 11) is -2.28. The molecule has 0 bridgehead atoms. The maximum absolute atomic E-state index is 12.9. The Morgan fingerprint density at radius 1 is 1.23 bits per heavy atom. The maximum atomic E-state index is 12.9. The molecule has 4 N–H and O–H groups in total. The van der Waals surface area contributed by atoms with Crippen LogP contribution in [0.15, 0.2) is 52.5 Å². The van der Waals surface area contributed by atoms with Gasteiger partial charge in [-0.3, -0.25) is 9.48 Å². The average molecular weight is 569 g/mol. The molecule has 1 atom stereocenters. The van der Waals surface area contributed by atoms with E-state index in [0.29, 0.717) is 30.0 Å². The highest BCUT2D eigenvalue weighted by atomic mass is 32.2. The summed E-state index contributed by atoms with van der Waals surface area (Å²) in [5, 5.41) is 9.56. The van der Waals surface area contributed by atoms with Crippen molar-refractivity contribution in [3.63, 3.8) is 0 Å². The molecule has 5 rings (SSSR count). The minimum Gasteiger partial charge on any atom is -0.494 e. The summed E-state index contributed by atoms with van der Waals surface area (Å²) in [5.74, 6) is -0.104. The number of methoxy groups -OCH3 is 1. The second kappa shape index (κ2) is 10.9. The van der Waals surface area contributed by atoms with Crippen LogP contribution >= 0.6 is 0 Å². The summed E-state index contributed by atoms with van der Waals surface area (Å²) in [4.78, 5) is 25.0. The Morgan fingerprint density at radius 2 is 2.05 bits per heavy atom. The minimum atomic E-state index is -3.72. The summed E-state index contributed by atoms with van der Waals surface area (Å²) in [6, 6.07) is 5.21. The molecular weight excluding hydrogens is 540 g/mol. The third-order valence-corrected chi connectivity index (χ3v) is 8.26. The van der Waals surface area contributed by atoms with Crippen molar-refractivity contribution < 1.29 is 27.1 Å². The predicted molar refractivity (Wildman–Crippen MR) is 145 cm³/mol. The summed E-state index contributed by atoms with van der Waals surface area (Å²) in [6.07, 6.45) is 6.25. The van der Waals surface area contributed by atoms with E-state index >= 15 is 0 Å². The molecule has 1 aliphatic rings. The first-order chi connectivity index (χ1) is 19.2. The Morgan fingerprint density at radius 3 is 2.73 bits per heavy atom. The van der Waals surface area contributed by atoms with Gasteiger partial charge in [-0.2, -0.15) is 15.1 Å². The molecule has 0 spiro atoms. The molecule has 4 heterocycles. The molecule has 4 aromatic rings. The molecule has 0 aliphatic carbocycles. The van der Waals surface area contributed by atoms with Crippen molar-refractivity contribution in [1.29, 1.82) is 0 Å². The summed E-state index contributed by atoms with van der Waals surface area (Å²) in [6.45, 7) is 4.50. The van der Waals surface area contributed by atoms with E-state index < -0.39 is 21.0 Å². The quantitative estimate of drug-likeness (QED) is 0.254. The fourth-order valence-corrected chi connectivity index (χ4v) is 5.54. The SMILES string of the molecule is COc1c(Nc2nc(Nc3cnn(C(C)C)c3)ncc2C(N)=O)cccc1-c1nc(S(=O)(=O)C2CCOC2)co1. The van der Waals surface area contributed by atoms with Gasteiger partial charge in [0.05, 0.1) is 42.1 Å². The fraction of sp³-hybridized carbons (Fsp3) is 0.320. The maximum Gasteiger partial charge on any atom is 0.254 e. The van der Waals surface area contributed by atoms with Gasteiger partial charge in [-0.15, -0.1) is 0 Å². The van der Waals surface area contributed by atoms with Crippen molar-refractivity contribution in [1.82, 2.24) is 24.7 Å². The molecule has 0 radical (unpaired) electrons. The molecule has 1 saturated heterocycles. The number of anilines is 4. The van der Waals surface area contributed by atoms with Crippen LogP contribution in [-0.2, 0) is 14.6 Å². The van der Waals surface area contributed by atoms with E-state index in [1.54, 1.807) is 35.3 Å². The zero-order valence-corrected chi connectivity index (χ0v) is 22.8. The monoisotopic (exact) mass is 568 g/mol. The second-order valence-electron chi connectivity index (χ2n) is 9.28. The van der Waals surface area contributed by atoms with Gasteiger partial charge < -0.3 is 30.3 Å². The number of para-hydroxylation sites is 1. The smallest absolute Gasteiger partial charge is 0.254 e. The molecule has 1 unspecified atom stereocenters. The van der Waals surface area contributed by atoms with Crippen molar-refractivity contribution in [3.8, 4) is 17.2 Å². The Balaban J connectivity index is 1.46. The second-order valence-corrected chi connectivity index (χ2v) is 11.5. The summed E-state index contributed by atoms with van der Waals surface area (Å²) >= 11 is 0. The van der Waals surface area contributed by atoms with E-state index in [-0.39, 0.29) is 46.6 Å². The summed E-state index contributed by atoms with van der Waals surface area (Å²) < 4.78 is 44.0. The Hall–Kier alpha value is -4.50. The molecule has 0 saturated carbocycles. The zero-order valence-electron chi connectivity index (χ0n) is 22.0. The van der Waals surface area contributed by atoms with Crippen molar-refractivity contribution in [2.75, 3.05) is 31.0 Å². The highest BCUT2D eigenvalue weighted by molar-refractivity contribution is 7.92. The number of oxazole rings is 1. The lowest BCUT2D eigenvalue weighted by molar-refractivity contribution is 0.100. The lowest BCUT2D eigenvalue weighted by atomic mass is 10.1. The molecule has 15 heteroatoms. The van der Waals surface area contributed by atoms with Crippen LogP contribution in [0.5, 0.6) is 5.75 Å². The van der Waals surface area contributed by atoms with Crippen LogP contribution in [-0.4, -0.2) is 64.6 Å². The third-order valence-electron chi connectivity index (χ3n) is 6.24. The van der Waals surface area contributed by atoms with Gasteiger partial charge in [0.2, 0.25) is 21.7 Å². The topological polar surface area (TPSA) is 189 Å². The molecule has 210 valence electrons. The first kappa shape index (κ1) is 27.1. The van der Waals surface area contributed by atoms with Crippen LogP contribution < -0.4 is 21.1 Å². The van der Waals surface area contributed by atoms with E-state index in [1.807, 2.05) is 13.8 Å². The van der Waals surface area contributed by atoms with Crippen LogP contribution in [0.1, 0.15) is 36.7 Å². The zero-order chi connectivity index (χ0) is 28.4. The van der Waals surface area contributed by atoms with Crippen molar-refractivity contribution in [3.05, 3.63) is 48.6 Å². The number of nitrogens with two attached hydrogens (primary N) is 1. The number of ether oxygens (including phenoxy) is 2. The first-order valence-corrected chi connectivity index (χ1v) is 13.9. The number of sulfone groups is 1. The highest BCUT2D eigenvalue weighted by Crippen LogP contribution is 2.38. The normalized spacial score (nSPS) is 15.3. The number of benzene rings is 1. The number of nitrogens with one attached hydrogen (secondary N) is 2. The largest absolute Gasteiger partial charge is 0.494 e. The van der Waals surface area contributed by atoms with Gasteiger partial charge in [0.1, 0.15) is 17.6 Å². The molecule has 3 aromatic heterocycles. The molecular formula is C25H28N8O6S. The average Bonchev–Trinajstić information content (AvgIpc) is 3.71. The van der Waals surface area contributed by atoms with E-state index in [9.17, 15) is 13.2 Å². The number of hydrogen-bond acceptors (Lipinski definition) is 12. The van der Waals surface area contributed by atoms with Gasteiger partial charge in [0, 0.05) is 25.0 Å². The van der Waals surface area contributed by atoms with Crippen LogP contribution in [0.25, 0.3) is 11.5 Å². The van der Waals surface area contributed by atoms with Gasteiger partial charge in [-0.05, 0) is 32.4 Å². The number of aromatic nitrogens is 5. The predicted octanol–water partition coefficient (Wildman–Crippen LogP) is 3.07. The van der Waals surface area contributed by atoms with Crippen molar-refractivity contribution in [2.45, 2.75) is 36.6 Å². The number of amides is 1. The molecule has 1 fully saturated rings. The number of primary amides is 1. The number of rotatable bonds is 10. The Kier molecular flexibility index (Phi) is 7.40. The number of nitrogens with zero attached hydrogens (tertiary/aromatic N) is 5. The fourth-order valence-electron chi connectivity index (χ4n) is 4.12. The number of carbonyl (C=O) groups is 1. The standard InChI is InChI=1S/C25H28N8O6S/c1-14(2)33-11-15(9-28-33)29-25-27-10-18(22(26)34)23(32-25)30-19-6-4-5-17(21(19)37-3)24-31-20(13-39-24)40(35,36)16-7-8-38-12-16/h4-6,9-11,13-14,16H,7-8,12H2,1-3H3,(H2,26,34)(H2,27,29,30,32). The lowest BCUT2D eigenvalue weighted by Crippen LogP contribution is -2.21. The van der Waals surface area contributed by atoms with Gasteiger partial charge >= 0.3 is 0 Å². The number of hydrogen-bond donors (Lipinski definition) is 3. The van der Waals surface area contributed by atoms with Gasteiger partial charge in [0.15, 0.2) is 10.8 Å². The van der Waals surface area contributed by atoms with Crippen molar-refractivity contribution in [2.24, 2.45) is 5.73 Å². The van der Waals surface area contributed by atoms with E-state index in [4.69, 9.17) is 19.6 Å². The molecule has 14 nitrogen and oxygen atoms in total. The van der Waals surface area contributed by atoms with Gasteiger partial charge in [0.25, 0.3) is 5.91 Å². The highest BCUT2D eigenvalue weighted by Gasteiger charge is 2.34. The minimum absolute atomic E-state index is 0.0409. The van der Waals surface area contributed by atoms with Crippen molar-refractivity contribution >= 4 is 38.9 Å². The van der Waals surface area contributed by atoms with Crippen LogP contribution in [0.3, 0.4) is 0 Å². The van der Waals surface area contributed by atoms with Gasteiger partial charge in [-0.1, -0.05) is 6.07 Å². The summed E-state index contributed by atoms with van der Waals surface area (Å²) in [5.41, 5.74) is 7.05. The Labute approximate surface area is 229 Å². The van der Waals surface area contributed by atoms with Crippen LogP contribution in [0, 0.1) is 0 Å². The van der Waals surface area contributed by atoms with Gasteiger partial charge in [-0.25, -0.2) is 13.4 Å². The first-order valence-electron chi connectivity index (χ1n) is 12.4. The van der Waals surface area contributed by atoms with Crippen LogP contribution in [0.4, 0.5) is 23.1 Å². The van der Waals surface area contributed by atoms with E-state index in [2.05, 4.69) is 30.7 Å².